The number of carbonyl (C=O) groups excluding carboxylic acids is 1. The van der Waals surface area contributed by atoms with Crippen LogP contribution in [0.15, 0.2) is 30.7 Å². The van der Waals surface area contributed by atoms with Crippen LogP contribution in [-0.4, -0.2) is 45.6 Å². The number of nitrogens with zero attached hydrogens (tertiary/aromatic N) is 4. The predicted molar refractivity (Wildman–Crippen MR) is 88.1 cm³/mol. The van der Waals surface area contributed by atoms with Crippen molar-refractivity contribution in [2.75, 3.05) is 19.4 Å². The summed E-state index contributed by atoms with van der Waals surface area (Å²) in [6.07, 6.45) is 7.26. The topological polar surface area (TPSA) is 75.1 Å². The van der Waals surface area contributed by atoms with Gasteiger partial charge in [0.25, 0.3) is 0 Å². The minimum absolute atomic E-state index is 0.113. The molecule has 23 heavy (non-hydrogen) atoms. The molecule has 0 saturated carbocycles. The lowest BCUT2D eigenvalue weighted by Crippen LogP contribution is -2.43. The van der Waals surface area contributed by atoms with Gasteiger partial charge in [-0.2, -0.15) is 0 Å². The Balaban J connectivity index is 1.55. The van der Waals surface area contributed by atoms with E-state index in [1.807, 2.05) is 32.4 Å². The Morgan fingerprint density at radius 1 is 1.39 bits per heavy atom. The van der Waals surface area contributed by atoms with Crippen LogP contribution in [-0.2, 0) is 19.5 Å². The molecule has 3 rings (SSSR count). The van der Waals surface area contributed by atoms with Crippen LogP contribution in [0.25, 0.3) is 0 Å². The maximum atomic E-state index is 12.2. The van der Waals surface area contributed by atoms with Gasteiger partial charge >= 0.3 is 6.03 Å². The number of hydrogen-bond acceptors (Lipinski definition) is 4. The smallest absolute Gasteiger partial charge is 0.320 e. The number of amides is 2. The first kappa shape index (κ1) is 15.5. The Kier molecular flexibility index (Phi) is 4.57. The number of anilines is 1. The number of rotatable bonds is 4. The molecule has 3 heterocycles. The number of urea groups is 1. The molecular weight excluding hydrogens is 292 g/mol. The number of aromatic nitrogens is 3. The zero-order chi connectivity index (χ0) is 16.2. The molecule has 0 aliphatic carbocycles. The normalized spacial score (nSPS) is 16.9. The van der Waals surface area contributed by atoms with Crippen molar-refractivity contribution in [3.63, 3.8) is 0 Å². The zero-order valence-electron chi connectivity index (χ0n) is 13.5. The van der Waals surface area contributed by atoms with Crippen LogP contribution in [0.1, 0.15) is 17.8 Å². The second-order valence-electron chi connectivity index (χ2n) is 6.12. The summed E-state index contributed by atoms with van der Waals surface area (Å²) in [4.78, 5) is 22.7. The number of pyridine rings is 1. The summed E-state index contributed by atoms with van der Waals surface area (Å²) in [7, 11) is 4.02. The summed E-state index contributed by atoms with van der Waals surface area (Å²) in [5, 5.41) is 5.83. The van der Waals surface area contributed by atoms with Gasteiger partial charge in [0.1, 0.15) is 11.6 Å². The molecule has 1 aliphatic heterocycles. The summed E-state index contributed by atoms with van der Waals surface area (Å²) in [5.41, 5.74) is 1.11. The fourth-order valence-electron chi connectivity index (χ4n) is 2.83. The molecule has 2 aromatic rings. The van der Waals surface area contributed by atoms with Gasteiger partial charge in [-0.25, -0.2) is 14.8 Å². The van der Waals surface area contributed by atoms with E-state index < -0.39 is 0 Å². The highest BCUT2D eigenvalue weighted by Crippen LogP contribution is 2.13. The number of imidazole rings is 1. The van der Waals surface area contributed by atoms with E-state index in [2.05, 4.69) is 30.1 Å². The van der Waals surface area contributed by atoms with E-state index in [1.165, 1.54) is 0 Å². The van der Waals surface area contributed by atoms with E-state index in [1.54, 1.807) is 12.4 Å². The van der Waals surface area contributed by atoms with Gasteiger partial charge in [0.15, 0.2) is 0 Å². The average Bonchev–Trinajstić information content (AvgIpc) is 2.94. The molecule has 1 atom stereocenters. The van der Waals surface area contributed by atoms with Crippen LogP contribution in [0.5, 0.6) is 0 Å². The zero-order valence-corrected chi connectivity index (χ0v) is 13.5. The minimum Gasteiger partial charge on any atom is -0.333 e. The summed E-state index contributed by atoms with van der Waals surface area (Å²) in [5.74, 6) is 1.66. The summed E-state index contributed by atoms with van der Waals surface area (Å²) < 4.78 is 2.09. The van der Waals surface area contributed by atoms with E-state index in [0.717, 1.165) is 37.3 Å². The molecule has 0 bridgehead atoms. The molecule has 2 N–H and O–H groups in total. The van der Waals surface area contributed by atoms with Gasteiger partial charge in [-0.15, -0.1) is 0 Å². The number of hydrogen-bond donors (Lipinski definition) is 2. The third-order valence-electron chi connectivity index (χ3n) is 3.84. The third-order valence-corrected chi connectivity index (χ3v) is 3.84. The quantitative estimate of drug-likeness (QED) is 0.896. The van der Waals surface area contributed by atoms with Crippen LogP contribution >= 0.6 is 0 Å². The molecule has 1 unspecified atom stereocenters. The van der Waals surface area contributed by atoms with Crippen LogP contribution in [0, 0.1) is 0 Å². The van der Waals surface area contributed by atoms with E-state index in [4.69, 9.17) is 0 Å². The van der Waals surface area contributed by atoms with Gasteiger partial charge in [-0.05, 0) is 38.2 Å². The van der Waals surface area contributed by atoms with Gasteiger partial charge in [0.2, 0.25) is 0 Å². The molecular formula is C16H22N6O. The molecule has 0 spiro atoms. The van der Waals surface area contributed by atoms with Crippen molar-refractivity contribution >= 4 is 11.8 Å². The van der Waals surface area contributed by atoms with Crippen molar-refractivity contribution in [1.29, 1.82) is 0 Å². The molecule has 0 radical (unpaired) electrons. The Morgan fingerprint density at radius 3 is 3.09 bits per heavy atom. The first-order valence-electron chi connectivity index (χ1n) is 7.77. The number of fused-ring (bicyclic) bond motifs is 1. The molecule has 2 aromatic heterocycles. The Bertz CT molecular complexity index is 681. The van der Waals surface area contributed by atoms with Crippen LogP contribution < -0.4 is 10.6 Å². The van der Waals surface area contributed by atoms with Crippen molar-refractivity contribution in [2.45, 2.75) is 32.0 Å². The van der Waals surface area contributed by atoms with Crippen molar-refractivity contribution in [1.82, 2.24) is 24.8 Å². The highest BCUT2D eigenvalue weighted by molar-refractivity contribution is 5.88. The molecule has 7 heteroatoms. The maximum absolute atomic E-state index is 12.2. The Labute approximate surface area is 135 Å². The highest BCUT2D eigenvalue weighted by atomic mass is 16.2. The monoisotopic (exact) mass is 314 g/mol. The third kappa shape index (κ3) is 4.07. The van der Waals surface area contributed by atoms with Gasteiger partial charge in [-0.3, -0.25) is 5.32 Å². The van der Waals surface area contributed by atoms with Crippen LogP contribution in [0.2, 0.25) is 0 Å². The van der Waals surface area contributed by atoms with Crippen molar-refractivity contribution in [3.05, 3.63) is 42.1 Å². The molecule has 1 aliphatic rings. The standard InChI is InChI=1S/C16H22N6O/c1-21(2)10-12-5-6-17-14(9-12)20-16(23)19-13-3-4-15-18-7-8-22(15)11-13/h5-9,13H,3-4,10-11H2,1-2H3,(H2,17,19,20,23). The van der Waals surface area contributed by atoms with E-state index in [0.29, 0.717) is 5.82 Å². The summed E-state index contributed by atoms with van der Waals surface area (Å²) in [6, 6.07) is 3.74. The van der Waals surface area contributed by atoms with Gasteiger partial charge in [0, 0.05) is 44.1 Å². The molecule has 7 nitrogen and oxygen atoms in total. The lowest BCUT2D eigenvalue weighted by atomic mass is 10.1. The fourth-order valence-corrected chi connectivity index (χ4v) is 2.83. The van der Waals surface area contributed by atoms with Crippen molar-refractivity contribution in [2.24, 2.45) is 0 Å². The van der Waals surface area contributed by atoms with Crippen molar-refractivity contribution < 1.29 is 4.79 Å². The molecule has 0 aromatic carbocycles. The first-order chi connectivity index (χ1) is 11.1. The van der Waals surface area contributed by atoms with Crippen molar-refractivity contribution in [3.8, 4) is 0 Å². The first-order valence-corrected chi connectivity index (χ1v) is 7.77. The van der Waals surface area contributed by atoms with E-state index in [-0.39, 0.29) is 12.1 Å². The second-order valence-corrected chi connectivity index (χ2v) is 6.12. The summed E-state index contributed by atoms with van der Waals surface area (Å²) in [6.45, 7) is 1.57. The van der Waals surface area contributed by atoms with Crippen LogP contribution in [0.3, 0.4) is 0 Å². The van der Waals surface area contributed by atoms with Gasteiger partial charge < -0.3 is 14.8 Å². The number of aryl methyl sites for hydroxylation is 1. The summed E-state index contributed by atoms with van der Waals surface area (Å²) >= 11 is 0. The molecule has 0 saturated heterocycles. The molecule has 2 amide bonds. The number of carbonyl (C=O) groups is 1. The molecule has 0 fully saturated rings. The highest BCUT2D eigenvalue weighted by Gasteiger charge is 2.20. The van der Waals surface area contributed by atoms with E-state index >= 15 is 0 Å². The lowest BCUT2D eigenvalue weighted by Gasteiger charge is -2.24. The van der Waals surface area contributed by atoms with Gasteiger partial charge in [-0.1, -0.05) is 0 Å². The Hall–Kier alpha value is -2.41. The fraction of sp³-hybridized carbons (Fsp3) is 0.438. The van der Waals surface area contributed by atoms with Gasteiger partial charge in [0.05, 0.1) is 0 Å². The van der Waals surface area contributed by atoms with Crippen LogP contribution in [0.4, 0.5) is 10.6 Å². The average molecular weight is 314 g/mol. The second kappa shape index (κ2) is 6.78. The Morgan fingerprint density at radius 2 is 2.26 bits per heavy atom. The number of nitrogens with one attached hydrogen (secondary N) is 2. The lowest BCUT2D eigenvalue weighted by molar-refractivity contribution is 0.244. The predicted octanol–water partition coefficient (Wildman–Crippen LogP) is 1.48. The molecule has 122 valence electrons. The van der Waals surface area contributed by atoms with E-state index in [9.17, 15) is 4.79 Å². The SMILES string of the molecule is CN(C)Cc1ccnc(NC(=O)NC2CCc3nccn3C2)c1. The largest absolute Gasteiger partial charge is 0.333 e. The maximum Gasteiger partial charge on any atom is 0.320 e. The minimum atomic E-state index is -0.215.